The number of hydrogen-bond acceptors (Lipinski definition) is 1. The molecule has 0 radical (unpaired) electrons. The van der Waals surface area contributed by atoms with Crippen molar-refractivity contribution in [2.45, 2.75) is 44.6 Å². The third-order valence-electron chi connectivity index (χ3n) is 4.80. The second-order valence-electron chi connectivity index (χ2n) is 5.67. The standard InChI is InChI=1S/C12H21N/c1-13-12-7-10-3-8-2-9(4-10)6-11(12)5-8/h8-13H,2-7H2,1H3. The topological polar surface area (TPSA) is 12.0 Å². The second kappa shape index (κ2) is 2.98. The quantitative estimate of drug-likeness (QED) is 0.652. The molecule has 0 amide bonds. The van der Waals surface area contributed by atoms with Gasteiger partial charge < -0.3 is 5.32 Å². The predicted octanol–water partition coefficient (Wildman–Crippen LogP) is 2.42. The Balaban J connectivity index is 1.86. The molecule has 0 heterocycles. The van der Waals surface area contributed by atoms with Crippen molar-refractivity contribution in [2.24, 2.45) is 23.7 Å². The van der Waals surface area contributed by atoms with Crippen LogP contribution in [-0.4, -0.2) is 13.1 Å². The molecule has 4 rings (SSSR count). The SMILES string of the molecule is CNC1CC2CC3CC(C2)CC1C3. The van der Waals surface area contributed by atoms with Gasteiger partial charge in [0.1, 0.15) is 0 Å². The lowest BCUT2D eigenvalue weighted by atomic mass is 9.67. The molecular formula is C12H21N. The lowest BCUT2D eigenvalue weighted by Gasteiger charge is -2.38. The summed E-state index contributed by atoms with van der Waals surface area (Å²) in [7, 11) is 2.16. The fourth-order valence-electron chi connectivity index (χ4n) is 4.47. The zero-order valence-electron chi connectivity index (χ0n) is 8.63. The van der Waals surface area contributed by atoms with Gasteiger partial charge >= 0.3 is 0 Å². The van der Waals surface area contributed by atoms with Crippen LogP contribution in [0.2, 0.25) is 0 Å². The molecule has 0 aromatic heterocycles. The van der Waals surface area contributed by atoms with Gasteiger partial charge in [-0.1, -0.05) is 0 Å². The number of fused-ring (bicyclic) bond motifs is 1. The molecule has 3 unspecified atom stereocenters. The summed E-state index contributed by atoms with van der Waals surface area (Å²) < 4.78 is 0. The maximum absolute atomic E-state index is 3.56. The first kappa shape index (κ1) is 8.28. The Morgan fingerprint density at radius 3 is 1.85 bits per heavy atom. The molecule has 4 saturated carbocycles. The maximum Gasteiger partial charge on any atom is 0.00951 e. The Morgan fingerprint density at radius 1 is 0.769 bits per heavy atom. The van der Waals surface area contributed by atoms with E-state index < -0.39 is 0 Å². The summed E-state index contributed by atoms with van der Waals surface area (Å²) in [4.78, 5) is 0. The van der Waals surface area contributed by atoms with Gasteiger partial charge in [0.2, 0.25) is 0 Å². The van der Waals surface area contributed by atoms with Gasteiger partial charge in [-0.2, -0.15) is 0 Å². The maximum atomic E-state index is 3.56. The van der Waals surface area contributed by atoms with Gasteiger partial charge in [-0.3, -0.25) is 0 Å². The smallest absolute Gasteiger partial charge is 0.00951 e. The minimum Gasteiger partial charge on any atom is -0.317 e. The van der Waals surface area contributed by atoms with E-state index >= 15 is 0 Å². The van der Waals surface area contributed by atoms with E-state index in [1.165, 1.54) is 6.42 Å². The molecule has 0 aliphatic heterocycles. The molecule has 3 atom stereocenters. The molecule has 0 aromatic rings. The Kier molecular flexibility index (Phi) is 1.90. The van der Waals surface area contributed by atoms with Gasteiger partial charge in [0.15, 0.2) is 0 Å². The van der Waals surface area contributed by atoms with Crippen molar-refractivity contribution in [3.8, 4) is 0 Å². The van der Waals surface area contributed by atoms with Gasteiger partial charge in [0.05, 0.1) is 0 Å². The molecule has 4 bridgehead atoms. The first-order valence-corrected chi connectivity index (χ1v) is 6.02. The molecule has 1 N–H and O–H groups in total. The van der Waals surface area contributed by atoms with Crippen molar-refractivity contribution in [2.75, 3.05) is 7.05 Å². The largest absolute Gasteiger partial charge is 0.317 e. The van der Waals surface area contributed by atoms with E-state index in [0.29, 0.717) is 0 Å². The van der Waals surface area contributed by atoms with Crippen molar-refractivity contribution in [1.82, 2.24) is 5.32 Å². The Hall–Kier alpha value is -0.0400. The molecule has 1 heteroatoms. The van der Waals surface area contributed by atoms with Gasteiger partial charge in [0.25, 0.3) is 0 Å². The first-order valence-electron chi connectivity index (χ1n) is 6.02. The van der Waals surface area contributed by atoms with Gasteiger partial charge in [-0.15, -0.1) is 0 Å². The molecule has 4 aliphatic carbocycles. The zero-order chi connectivity index (χ0) is 8.84. The number of hydrogen-bond donors (Lipinski definition) is 1. The van der Waals surface area contributed by atoms with Crippen LogP contribution >= 0.6 is 0 Å². The highest BCUT2D eigenvalue weighted by Gasteiger charge is 2.42. The number of nitrogens with one attached hydrogen (secondary N) is 1. The van der Waals surface area contributed by atoms with Crippen LogP contribution in [0.1, 0.15) is 38.5 Å². The van der Waals surface area contributed by atoms with Crippen LogP contribution in [0, 0.1) is 23.7 Å². The average Bonchev–Trinajstić information content (AvgIpc) is 2.29. The lowest BCUT2D eigenvalue weighted by Crippen LogP contribution is -2.35. The van der Waals surface area contributed by atoms with Crippen molar-refractivity contribution >= 4 is 0 Å². The summed E-state index contributed by atoms with van der Waals surface area (Å²) >= 11 is 0. The van der Waals surface area contributed by atoms with E-state index in [1.807, 2.05) is 0 Å². The van der Waals surface area contributed by atoms with Crippen LogP contribution in [0.5, 0.6) is 0 Å². The van der Waals surface area contributed by atoms with Gasteiger partial charge in [-0.05, 0) is 69.2 Å². The average molecular weight is 179 g/mol. The molecule has 4 aliphatic rings. The summed E-state index contributed by atoms with van der Waals surface area (Å²) in [5.74, 6) is 4.33. The van der Waals surface area contributed by atoms with E-state index in [0.717, 1.165) is 29.7 Å². The molecule has 4 fully saturated rings. The van der Waals surface area contributed by atoms with Crippen LogP contribution in [-0.2, 0) is 0 Å². The van der Waals surface area contributed by atoms with Crippen molar-refractivity contribution in [1.29, 1.82) is 0 Å². The van der Waals surface area contributed by atoms with E-state index in [2.05, 4.69) is 12.4 Å². The van der Waals surface area contributed by atoms with Gasteiger partial charge in [0, 0.05) is 6.04 Å². The predicted molar refractivity (Wildman–Crippen MR) is 54.5 cm³/mol. The fraction of sp³-hybridized carbons (Fsp3) is 1.00. The molecule has 1 nitrogen and oxygen atoms in total. The summed E-state index contributed by atoms with van der Waals surface area (Å²) in [5, 5.41) is 3.56. The Morgan fingerprint density at radius 2 is 1.31 bits per heavy atom. The number of rotatable bonds is 1. The highest BCUT2D eigenvalue weighted by atomic mass is 14.9. The van der Waals surface area contributed by atoms with E-state index in [-0.39, 0.29) is 0 Å². The normalized spacial score (nSPS) is 53.8. The molecule has 0 saturated heterocycles. The molecule has 0 aromatic carbocycles. The summed E-state index contributed by atoms with van der Waals surface area (Å²) in [6.07, 6.45) is 9.25. The van der Waals surface area contributed by atoms with Crippen LogP contribution in [0.3, 0.4) is 0 Å². The summed E-state index contributed by atoms with van der Waals surface area (Å²) in [6, 6.07) is 0.861. The molecule has 13 heavy (non-hydrogen) atoms. The first-order chi connectivity index (χ1) is 6.35. The molecule has 0 spiro atoms. The van der Waals surface area contributed by atoms with Crippen LogP contribution in [0.4, 0.5) is 0 Å². The lowest BCUT2D eigenvalue weighted by molar-refractivity contribution is 0.129. The van der Waals surface area contributed by atoms with Crippen molar-refractivity contribution in [3.05, 3.63) is 0 Å². The van der Waals surface area contributed by atoms with Gasteiger partial charge in [-0.25, -0.2) is 0 Å². The summed E-state index contributed by atoms with van der Waals surface area (Å²) in [5.41, 5.74) is 0. The third kappa shape index (κ3) is 1.32. The van der Waals surface area contributed by atoms with Crippen LogP contribution < -0.4 is 5.32 Å². The highest BCUT2D eigenvalue weighted by molar-refractivity contribution is 4.96. The Bertz CT molecular complexity index is 187. The second-order valence-corrected chi connectivity index (χ2v) is 5.67. The highest BCUT2D eigenvalue weighted by Crippen LogP contribution is 2.51. The van der Waals surface area contributed by atoms with E-state index in [4.69, 9.17) is 0 Å². The molecule has 74 valence electrons. The van der Waals surface area contributed by atoms with Crippen molar-refractivity contribution < 1.29 is 0 Å². The van der Waals surface area contributed by atoms with Crippen LogP contribution in [0.25, 0.3) is 0 Å². The van der Waals surface area contributed by atoms with Crippen molar-refractivity contribution in [3.63, 3.8) is 0 Å². The van der Waals surface area contributed by atoms with E-state index in [1.54, 1.807) is 32.1 Å². The third-order valence-corrected chi connectivity index (χ3v) is 4.80. The fourth-order valence-corrected chi connectivity index (χ4v) is 4.47. The van der Waals surface area contributed by atoms with E-state index in [9.17, 15) is 0 Å². The van der Waals surface area contributed by atoms with Crippen LogP contribution in [0.15, 0.2) is 0 Å². The summed E-state index contributed by atoms with van der Waals surface area (Å²) in [6.45, 7) is 0. The Labute approximate surface area is 81.3 Å². The minimum atomic E-state index is 0.861. The zero-order valence-corrected chi connectivity index (χ0v) is 8.63. The molecular weight excluding hydrogens is 158 g/mol. The monoisotopic (exact) mass is 179 g/mol. The minimum absolute atomic E-state index is 0.861.